The highest BCUT2D eigenvalue weighted by molar-refractivity contribution is 9.10. The molecule has 1 aliphatic heterocycles. The molecule has 1 aromatic rings. The third-order valence-electron chi connectivity index (χ3n) is 3.93. The molecule has 7 heteroatoms. The number of nitrogens with zero attached hydrogens (tertiary/aromatic N) is 1. The molecule has 0 N–H and O–H groups in total. The van der Waals surface area contributed by atoms with Gasteiger partial charge in [0.2, 0.25) is 0 Å². The van der Waals surface area contributed by atoms with Gasteiger partial charge in [-0.15, -0.1) is 0 Å². The molecule has 0 aliphatic carbocycles. The molecule has 1 heterocycles. The van der Waals surface area contributed by atoms with Crippen molar-refractivity contribution in [3.8, 4) is 11.5 Å². The molecule has 4 nitrogen and oxygen atoms in total. The number of carbonyl (C=O) groups is 1. The van der Waals surface area contributed by atoms with Crippen molar-refractivity contribution in [1.82, 2.24) is 4.90 Å². The zero-order valence-electron chi connectivity index (χ0n) is 15.3. The van der Waals surface area contributed by atoms with Gasteiger partial charge in [-0.1, -0.05) is 66.6 Å². The first-order valence-corrected chi connectivity index (χ1v) is 10.8. The zero-order valence-corrected chi connectivity index (χ0v) is 18.6. The molecule has 0 atom stereocenters. The Hall–Kier alpha value is -1.05. The van der Waals surface area contributed by atoms with Gasteiger partial charge in [-0.3, -0.25) is 9.69 Å². The molecule has 142 valence electrons. The monoisotopic (exact) mass is 457 g/mol. The molecule has 1 saturated heterocycles. The van der Waals surface area contributed by atoms with Crippen molar-refractivity contribution in [2.45, 2.75) is 39.5 Å². The molecular formula is C19H24BrNO3S2. The van der Waals surface area contributed by atoms with Crippen molar-refractivity contribution < 1.29 is 14.3 Å². The molecule has 1 aliphatic rings. The minimum Gasteiger partial charge on any atom is -0.493 e. The lowest BCUT2D eigenvalue weighted by Gasteiger charge is -2.13. The Kier molecular flexibility index (Phi) is 8.44. The van der Waals surface area contributed by atoms with Crippen LogP contribution < -0.4 is 9.47 Å². The summed E-state index contributed by atoms with van der Waals surface area (Å²) in [6.07, 6.45) is 5.89. The molecular weight excluding hydrogens is 434 g/mol. The summed E-state index contributed by atoms with van der Waals surface area (Å²) in [6, 6.07) is 3.77. The summed E-state index contributed by atoms with van der Waals surface area (Å²) >= 11 is 10.3. The Labute approximate surface area is 173 Å². The molecule has 0 unspecified atom stereocenters. The highest BCUT2D eigenvalue weighted by Crippen LogP contribution is 2.38. The average Bonchev–Trinajstić information content (AvgIpc) is 2.88. The van der Waals surface area contributed by atoms with E-state index in [2.05, 4.69) is 29.8 Å². The summed E-state index contributed by atoms with van der Waals surface area (Å²) in [5.41, 5.74) is 0.862. The number of amides is 1. The van der Waals surface area contributed by atoms with Crippen LogP contribution in [0.15, 0.2) is 21.5 Å². The number of benzene rings is 1. The van der Waals surface area contributed by atoms with Gasteiger partial charge in [0.25, 0.3) is 5.91 Å². The first-order chi connectivity index (χ1) is 12.5. The number of unbranched alkanes of at least 4 members (excludes halogenated alkanes) is 2. The van der Waals surface area contributed by atoms with Crippen molar-refractivity contribution in [2.24, 2.45) is 0 Å². The van der Waals surface area contributed by atoms with E-state index in [0.717, 1.165) is 35.7 Å². The summed E-state index contributed by atoms with van der Waals surface area (Å²) in [6.45, 7) is 5.54. The molecule has 1 aromatic carbocycles. The molecule has 26 heavy (non-hydrogen) atoms. The van der Waals surface area contributed by atoms with E-state index in [0.29, 0.717) is 33.9 Å². The summed E-state index contributed by atoms with van der Waals surface area (Å²) in [5.74, 6) is 1.32. The molecule has 0 bridgehead atoms. The third-order valence-corrected chi connectivity index (χ3v) is 6.00. The number of halogens is 1. The second-order valence-corrected chi connectivity index (χ2v) is 8.44. The first-order valence-electron chi connectivity index (χ1n) is 8.77. The number of thiocarbonyl (C=S) groups is 1. The van der Waals surface area contributed by atoms with Crippen LogP contribution in [0.3, 0.4) is 0 Å². The fourth-order valence-electron chi connectivity index (χ4n) is 2.41. The minimum absolute atomic E-state index is 0.0254. The molecule has 0 radical (unpaired) electrons. The predicted octanol–water partition coefficient (Wildman–Crippen LogP) is 5.64. The Morgan fingerprint density at radius 2 is 1.96 bits per heavy atom. The van der Waals surface area contributed by atoms with E-state index in [-0.39, 0.29) is 5.91 Å². The quantitative estimate of drug-likeness (QED) is 0.272. The van der Waals surface area contributed by atoms with Crippen molar-refractivity contribution in [2.75, 3.05) is 20.3 Å². The second-order valence-electron chi connectivity index (χ2n) is 5.91. The van der Waals surface area contributed by atoms with E-state index in [1.807, 2.05) is 18.2 Å². The van der Waals surface area contributed by atoms with Gasteiger partial charge in [0.15, 0.2) is 11.5 Å². The number of hydrogen-bond donors (Lipinski definition) is 0. The molecule has 0 spiro atoms. The largest absolute Gasteiger partial charge is 0.493 e. The topological polar surface area (TPSA) is 38.8 Å². The highest BCUT2D eigenvalue weighted by atomic mass is 79.9. The molecule has 0 aromatic heterocycles. The van der Waals surface area contributed by atoms with Crippen LogP contribution in [0.4, 0.5) is 0 Å². The smallest absolute Gasteiger partial charge is 0.266 e. The second kappa shape index (κ2) is 10.3. The van der Waals surface area contributed by atoms with Gasteiger partial charge < -0.3 is 9.47 Å². The Balaban J connectivity index is 2.24. The van der Waals surface area contributed by atoms with Crippen molar-refractivity contribution in [3.05, 3.63) is 27.1 Å². The minimum atomic E-state index is -0.0254. The maximum absolute atomic E-state index is 12.6. The van der Waals surface area contributed by atoms with E-state index >= 15 is 0 Å². The van der Waals surface area contributed by atoms with E-state index in [1.54, 1.807) is 12.0 Å². The van der Waals surface area contributed by atoms with E-state index in [9.17, 15) is 4.79 Å². The fraction of sp³-hybridized carbons (Fsp3) is 0.474. The van der Waals surface area contributed by atoms with Gasteiger partial charge in [-0.2, -0.15) is 0 Å². The highest BCUT2D eigenvalue weighted by Gasteiger charge is 2.31. The number of hydrogen-bond acceptors (Lipinski definition) is 5. The van der Waals surface area contributed by atoms with Gasteiger partial charge in [0.1, 0.15) is 4.32 Å². The van der Waals surface area contributed by atoms with Crippen LogP contribution in [0.2, 0.25) is 0 Å². The van der Waals surface area contributed by atoms with Crippen molar-refractivity contribution in [3.63, 3.8) is 0 Å². The van der Waals surface area contributed by atoms with Gasteiger partial charge in [0, 0.05) is 11.0 Å². The Morgan fingerprint density at radius 3 is 2.62 bits per heavy atom. The Bertz CT molecular complexity index is 706. The number of rotatable bonds is 9. The first kappa shape index (κ1) is 21.3. The lowest BCUT2D eigenvalue weighted by molar-refractivity contribution is -0.122. The van der Waals surface area contributed by atoms with Crippen LogP contribution in [0.5, 0.6) is 11.5 Å². The van der Waals surface area contributed by atoms with Crippen LogP contribution in [0.25, 0.3) is 6.08 Å². The van der Waals surface area contributed by atoms with Crippen LogP contribution in [-0.2, 0) is 4.79 Å². The molecule has 0 saturated carbocycles. The van der Waals surface area contributed by atoms with Crippen molar-refractivity contribution in [1.29, 1.82) is 0 Å². The van der Waals surface area contributed by atoms with Crippen LogP contribution >= 0.6 is 39.9 Å². The van der Waals surface area contributed by atoms with E-state index in [4.69, 9.17) is 21.7 Å². The summed E-state index contributed by atoms with van der Waals surface area (Å²) in [4.78, 5) is 14.9. The predicted molar refractivity (Wildman–Crippen MR) is 116 cm³/mol. The Morgan fingerprint density at radius 1 is 1.23 bits per heavy atom. The SMILES string of the molecule is CCCCOc1cc(Br)c(C=C2SC(=S)N(CCCC)C2=O)cc1OC. The lowest BCUT2D eigenvalue weighted by Crippen LogP contribution is -2.28. The third kappa shape index (κ3) is 5.24. The van der Waals surface area contributed by atoms with Gasteiger partial charge in [0.05, 0.1) is 18.6 Å². The number of methoxy groups -OCH3 is 1. The summed E-state index contributed by atoms with van der Waals surface area (Å²) < 4.78 is 12.7. The molecule has 1 fully saturated rings. The maximum Gasteiger partial charge on any atom is 0.266 e. The van der Waals surface area contributed by atoms with Gasteiger partial charge in [-0.05, 0) is 36.6 Å². The molecule has 2 rings (SSSR count). The maximum atomic E-state index is 12.6. The lowest BCUT2D eigenvalue weighted by atomic mass is 10.1. The van der Waals surface area contributed by atoms with Crippen molar-refractivity contribution >= 4 is 56.2 Å². The van der Waals surface area contributed by atoms with E-state index in [1.165, 1.54) is 11.8 Å². The van der Waals surface area contributed by atoms with E-state index < -0.39 is 0 Å². The zero-order chi connectivity index (χ0) is 19.1. The van der Waals surface area contributed by atoms with Gasteiger partial charge in [-0.25, -0.2) is 0 Å². The summed E-state index contributed by atoms with van der Waals surface area (Å²) in [7, 11) is 1.62. The average molecular weight is 458 g/mol. The van der Waals surface area contributed by atoms with Crippen LogP contribution in [0.1, 0.15) is 45.1 Å². The number of carbonyl (C=O) groups excluding carboxylic acids is 1. The normalized spacial score (nSPS) is 15.8. The summed E-state index contributed by atoms with van der Waals surface area (Å²) in [5, 5.41) is 0. The van der Waals surface area contributed by atoms with Gasteiger partial charge >= 0.3 is 0 Å². The fourth-order valence-corrected chi connectivity index (χ4v) is 4.15. The number of ether oxygens (including phenoxy) is 2. The number of thioether (sulfide) groups is 1. The van der Waals surface area contributed by atoms with Crippen LogP contribution in [0, 0.1) is 0 Å². The standard InChI is InChI=1S/C19H24BrNO3S2/c1-4-6-8-21-18(22)17(26-19(21)25)11-13-10-15(23-3)16(12-14(13)20)24-9-7-5-2/h10-12H,4-9H2,1-3H3. The van der Waals surface area contributed by atoms with Crippen LogP contribution in [-0.4, -0.2) is 35.4 Å². The molecule has 1 amide bonds.